The average Bonchev–Trinajstić information content (AvgIpc) is 2.86. The minimum atomic E-state index is 0.492. The molecule has 4 heteroatoms. The molecule has 0 unspecified atom stereocenters. The summed E-state index contributed by atoms with van der Waals surface area (Å²) in [5, 5.41) is 0.492. The third kappa shape index (κ3) is 1.32. The topological polar surface area (TPSA) is 30.4 Å². The lowest BCUT2D eigenvalue weighted by Gasteiger charge is -1.99. The van der Waals surface area contributed by atoms with Gasteiger partial charge in [-0.1, -0.05) is 17.7 Å². The maximum Gasteiger partial charge on any atom is 0.182 e. The highest BCUT2D eigenvalue weighted by atomic mass is 35.5. The lowest BCUT2D eigenvalue weighted by atomic mass is 10.3. The molecule has 0 N–H and O–H groups in total. The molecule has 3 rings (SSSR count). The molecular weight excluding hydrogens is 224 g/mol. The van der Waals surface area contributed by atoms with Crippen LogP contribution in [0, 0.1) is 6.92 Å². The van der Waals surface area contributed by atoms with Gasteiger partial charge in [-0.05, 0) is 30.7 Å². The van der Waals surface area contributed by atoms with E-state index in [2.05, 4.69) is 4.98 Å². The number of imidazole rings is 1. The smallest absolute Gasteiger partial charge is 0.182 e. The van der Waals surface area contributed by atoms with E-state index >= 15 is 0 Å². The van der Waals surface area contributed by atoms with Crippen molar-refractivity contribution < 1.29 is 4.42 Å². The number of pyridine rings is 1. The van der Waals surface area contributed by atoms with E-state index in [1.165, 1.54) is 0 Å². The monoisotopic (exact) mass is 232 g/mol. The quantitative estimate of drug-likeness (QED) is 0.642. The largest absolute Gasteiger partial charge is 0.461 e. The number of aromatic nitrogens is 2. The molecule has 0 radical (unpaired) electrons. The van der Waals surface area contributed by atoms with Crippen LogP contribution in [0.25, 0.3) is 17.1 Å². The number of hydrogen-bond donors (Lipinski definition) is 0. The molecule has 3 aromatic rings. The maximum absolute atomic E-state index is 6.07. The molecular formula is C12H9ClN2O. The fourth-order valence-corrected chi connectivity index (χ4v) is 1.97. The Morgan fingerprint density at radius 3 is 2.94 bits per heavy atom. The predicted octanol–water partition coefficient (Wildman–Crippen LogP) is 3.56. The minimum absolute atomic E-state index is 0.492. The Morgan fingerprint density at radius 2 is 2.19 bits per heavy atom. The van der Waals surface area contributed by atoms with Crippen LogP contribution in [0.1, 0.15) is 5.56 Å². The number of nitrogens with zero attached hydrogens (tertiary/aromatic N) is 2. The van der Waals surface area contributed by atoms with Crippen molar-refractivity contribution in [2.24, 2.45) is 0 Å². The second kappa shape index (κ2) is 3.39. The zero-order valence-electron chi connectivity index (χ0n) is 8.64. The Balaban J connectivity index is 2.37. The maximum atomic E-state index is 6.07. The molecule has 0 saturated carbocycles. The summed E-state index contributed by atoms with van der Waals surface area (Å²) in [6.45, 7) is 2.03. The fourth-order valence-electron chi connectivity index (χ4n) is 1.73. The molecule has 80 valence electrons. The minimum Gasteiger partial charge on any atom is -0.461 e. The zero-order chi connectivity index (χ0) is 11.1. The number of aryl methyl sites for hydroxylation is 1. The lowest BCUT2D eigenvalue weighted by Crippen LogP contribution is -1.88. The molecule has 0 aliphatic heterocycles. The van der Waals surface area contributed by atoms with Crippen LogP contribution >= 0.6 is 11.6 Å². The lowest BCUT2D eigenvalue weighted by molar-refractivity contribution is 0.577. The third-order valence-corrected chi connectivity index (χ3v) is 2.76. The number of furan rings is 1. The SMILES string of the molecule is Cc1ccc2c(Cl)nc(-c3ccco3)n2c1. The molecule has 0 amide bonds. The predicted molar refractivity (Wildman–Crippen MR) is 62.6 cm³/mol. The van der Waals surface area contributed by atoms with Gasteiger partial charge in [-0.2, -0.15) is 0 Å². The molecule has 0 bridgehead atoms. The van der Waals surface area contributed by atoms with Crippen LogP contribution < -0.4 is 0 Å². The van der Waals surface area contributed by atoms with Crippen LogP contribution in [0.5, 0.6) is 0 Å². The Morgan fingerprint density at radius 1 is 1.31 bits per heavy atom. The summed E-state index contributed by atoms with van der Waals surface area (Å²) in [4.78, 5) is 4.31. The van der Waals surface area contributed by atoms with Crippen molar-refractivity contribution in [2.45, 2.75) is 6.92 Å². The van der Waals surface area contributed by atoms with Crippen LogP contribution in [0.3, 0.4) is 0 Å². The van der Waals surface area contributed by atoms with Crippen molar-refractivity contribution in [1.82, 2.24) is 9.38 Å². The van der Waals surface area contributed by atoms with Crippen LogP contribution in [0.2, 0.25) is 5.15 Å². The Kier molecular flexibility index (Phi) is 2.01. The number of rotatable bonds is 1. The molecule has 0 aliphatic carbocycles. The van der Waals surface area contributed by atoms with Crippen LogP contribution in [0.15, 0.2) is 41.1 Å². The van der Waals surface area contributed by atoms with Gasteiger partial charge in [-0.3, -0.25) is 4.40 Å². The van der Waals surface area contributed by atoms with Crippen molar-refractivity contribution in [3.8, 4) is 11.6 Å². The highest BCUT2D eigenvalue weighted by Crippen LogP contribution is 2.26. The van der Waals surface area contributed by atoms with Gasteiger partial charge in [0.05, 0.1) is 11.8 Å². The molecule has 0 fully saturated rings. The Bertz CT molecular complexity index is 640. The molecule has 3 aromatic heterocycles. The summed E-state index contributed by atoms with van der Waals surface area (Å²) < 4.78 is 7.28. The molecule has 0 spiro atoms. The van der Waals surface area contributed by atoms with Gasteiger partial charge in [-0.25, -0.2) is 4.98 Å². The van der Waals surface area contributed by atoms with E-state index in [4.69, 9.17) is 16.0 Å². The van der Waals surface area contributed by atoms with E-state index in [1.54, 1.807) is 6.26 Å². The highest BCUT2D eigenvalue weighted by molar-refractivity contribution is 6.32. The summed E-state index contributed by atoms with van der Waals surface area (Å²) in [5.41, 5.74) is 2.04. The van der Waals surface area contributed by atoms with Gasteiger partial charge in [0.2, 0.25) is 0 Å². The van der Waals surface area contributed by atoms with Crippen molar-refractivity contribution in [3.63, 3.8) is 0 Å². The number of hydrogen-bond acceptors (Lipinski definition) is 2. The van der Waals surface area contributed by atoms with E-state index in [9.17, 15) is 0 Å². The number of fused-ring (bicyclic) bond motifs is 1. The van der Waals surface area contributed by atoms with Gasteiger partial charge in [0.15, 0.2) is 16.7 Å². The second-order valence-electron chi connectivity index (χ2n) is 3.67. The van der Waals surface area contributed by atoms with Crippen LogP contribution in [0.4, 0.5) is 0 Å². The molecule has 3 heterocycles. The van der Waals surface area contributed by atoms with Gasteiger partial charge in [0.1, 0.15) is 0 Å². The third-order valence-electron chi connectivity index (χ3n) is 2.48. The second-order valence-corrected chi connectivity index (χ2v) is 4.02. The average molecular weight is 233 g/mol. The van der Waals surface area contributed by atoms with E-state index < -0.39 is 0 Å². The van der Waals surface area contributed by atoms with Gasteiger partial charge in [0.25, 0.3) is 0 Å². The summed E-state index contributed by atoms with van der Waals surface area (Å²) in [5.74, 6) is 1.45. The summed E-state index contributed by atoms with van der Waals surface area (Å²) in [7, 11) is 0. The zero-order valence-corrected chi connectivity index (χ0v) is 9.40. The van der Waals surface area contributed by atoms with Gasteiger partial charge in [0, 0.05) is 6.20 Å². The molecule has 0 aromatic carbocycles. The first-order valence-corrected chi connectivity index (χ1v) is 5.31. The summed E-state index contributed by atoms with van der Waals surface area (Å²) in [6, 6.07) is 7.67. The van der Waals surface area contributed by atoms with Crippen LogP contribution in [-0.2, 0) is 0 Å². The number of halogens is 1. The first kappa shape index (κ1) is 9.48. The first-order valence-electron chi connectivity index (χ1n) is 4.94. The molecule has 16 heavy (non-hydrogen) atoms. The first-order chi connectivity index (χ1) is 7.75. The fraction of sp³-hybridized carbons (Fsp3) is 0.0833. The van der Waals surface area contributed by atoms with Gasteiger partial charge >= 0.3 is 0 Å². The Labute approximate surface area is 97.3 Å². The normalized spacial score (nSPS) is 11.1. The van der Waals surface area contributed by atoms with Crippen LogP contribution in [-0.4, -0.2) is 9.38 Å². The highest BCUT2D eigenvalue weighted by Gasteiger charge is 2.12. The van der Waals surface area contributed by atoms with Gasteiger partial charge in [-0.15, -0.1) is 0 Å². The van der Waals surface area contributed by atoms with Crippen molar-refractivity contribution in [2.75, 3.05) is 0 Å². The van der Waals surface area contributed by atoms with E-state index in [0.717, 1.165) is 16.9 Å². The standard InChI is InChI=1S/C12H9ClN2O/c1-8-4-5-9-11(13)14-12(15(9)7-8)10-3-2-6-16-10/h2-7H,1H3. The van der Waals surface area contributed by atoms with Gasteiger partial charge < -0.3 is 4.42 Å². The van der Waals surface area contributed by atoms with Crippen molar-refractivity contribution >= 4 is 17.1 Å². The molecule has 0 aliphatic rings. The van der Waals surface area contributed by atoms with Crippen molar-refractivity contribution in [3.05, 3.63) is 47.4 Å². The Hall–Kier alpha value is -1.74. The summed E-state index contributed by atoms with van der Waals surface area (Å²) >= 11 is 6.07. The van der Waals surface area contributed by atoms with E-state index in [-0.39, 0.29) is 0 Å². The molecule has 0 atom stereocenters. The molecule has 3 nitrogen and oxygen atoms in total. The van der Waals surface area contributed by atoms with E-state index in [0.29, 0.717) is 10.9 Å². The summed E-state index contributed by atoms with van der Waals surface area (Å²) in [6.07, 6.45) is 3.62. The van der Waals surface area contributed by atoms with Crippen molar-refractivity contribution in [1.29, 1.82) is 0 Å². The van der Waals surface area contributed by atoms with E-state index in [1.807, 2.05) is 41.8 Å². The molecule has 0 saturated heterocycles.